The van der Waals surface area contributed by atoms with Gasteiger partial charge in [-0.15, -0.1) is 0 Å². The van der Waals surface area contributed by atoms with E-state index in [9.17, 15) is 9.59 Å². The van der Waals surface area contributed by atoms with Gasteiger partial charge in [-0.25, -0.2) is 9.59 Å². The summed E-state index contributed by atoms with van der Waals surface area (Å²) in [7, 11) is 0. The minimum atomic E-state index is -0.383. The van der Waals surface area contributed by atoms with E-state index in [2.05, 4.69) is 19.4 Å². The van der Waals surface area contributed by atoms with Crippen molar-refractivity contribution in [2.45, 2.75) is 27.7 Å². The van der Waals surface area contributed by atoms with Crippen molar-refractivity contribution in [3.8, 4) is 0 Å². The van der Waals surface area contributed by atoms with Gasteiger partial charge < -0.3 is 18.5 Å². The molecule has 0 unspecified atom stereocenters. The lowest BCUT2D eigenvalue weighted by Gasteiger charge is -1.96. The Kier molecular flexibility index (Phi) is 6.81. The molecule has 0 aromatic carbocycles. The van der Waals surface area contributed by atoms with E-state index in [-0.39, 0.29) is 11.9 Å². The molecule has 0 saturated carbocycles. The average molecular weight is 310 g/mol. The summed E-state index contributed by atoms with van der Waals surface area (Å²) in [6.07, 6.45) is 2.64. The second-order valence-electron chi connectivity index (χ2n) is 4.05. The Bertz CT molecular complexity index is 562. The third-order valence-corrected chi connectivity index (χ3v) is 2.49. The first-order valence-electron chi connectivity index (χ1n) is 6.67. The maximum Gasteiger partial charge on any atom is 0.343 e. The van der Waals surface area contributed by atoms with Crippen molar-refractivity contribution < 1.29 is 28.1 Å². The molecule has 8 nitrogen and oxygen atoms in total. The number of esters is 2. The van der Waals surface area contributed by atoms with Crippen LogP contribution in [-0.4, -0.2) is 35.5 Å². The van der Waals surface area contributed by atoms with Crippen LogP contribution in [0.4, 0.5) is 0 Å². The fraction of sp³-hybridized carbons (Fsp3) is 0.429. The van der Waals surface area contributed by atoms with Crippen LogP contribution in [0.15, 0.2) is 21.5 Å². The van der Waals surface area contributed by atoms with Gasteiger partial charge in [0.2, 0.25) is 0 Å². The normalized spacial score (nSPS) is 9.64. The summed E-state index contributed by atoms with van der Waals surface area (Å²) in [5.41, 5.74) is 1.35. The van der Waals surface area contributed by atoms with Crippen LogP contribution in [0.2, 0.25) is 0 Å². The lowest BCUT2D eigenvalue weighted by molar-refractivity contribution is 0.0514. The monoisotopic (exact) mass is 310 g/mol. The van der Waals surface area contributed by atoms with Crippen molar-refractivity contribution in [2.75, 3.05) is 13.2 Å². The van der Waals surface area contributed by atoms with Crippen LogP contribution in [0.3, 0.4) is 0 Å². The van der Waals surface area contributed by atoms with E-state index in [4.69, 9.17) is 9.47 Å². The first kappa shape index (κ1) is 17.4. The van der Waals surface area contributed by atoms with E-state index in [1.54, 1.807) is 27.7 Å². The van der Waals surface area contributed by atoms with Crippen LogP contribution in [0.5, 0.6) is 0 Å². The minimum Gasteiger partial charge on any atom is -0.462 e. The molecule has 2 aromatic heterocycles. The number of carbonyl (C=O) groups is 2. The molecule has 0 spiro atoms. The molecule has 0 aliphatic heterocycles. The van der Waals surface area contributed by atoms with Gasteiger partial charge in [0, 0.05) is 0 Å². The van der Waals surface area contributed by atoms with Gasteiger partial charge in [0.15, 0.2) is 0 Å². The molecule has 2 heterocycles. The van der Waals surface area contributed by atoms with Gasteiger partial charge in [0.1, 0.15) is 23.2 Å². The van der Waals surface area contributed by atoms with Crippen molar-refractivity contribution in [3.05, 3.63) is 35.0 Å². The van der Waals surface area contributed by atoms with Crippen molar-refractivity contribution in [1.82, 2.24) is 10.3 Å². The van der Waals surface area contributed by atoms with Crippen LogP contribution in [-0.2, 0) is 9.47 Å². The highest BCUT2D eigenvalue weighted by molar-refractivity contribution is 5.90. The second kappa shape index (κ2) is 8.60. The summed E-state index contributed by atoms with van der Waals surface area (Å²) >= 11 is 0. The molecule has 0 atom stereocenters. The molecule has 0 fully saturated rings. The van der Waals surface area contributed by atoms with Gasteiger partial charge in [0.05, 0.1) is 25.1 Å². The number of aromatic nitrogens is 2. The summed E-state index contributed by atoms with van der Waals surface area (Å²) in [4.78, 5) is 22.0. The summed E-state index contributed by atoms with van der Waals surface area (Å²) in [6, 6.07) is 0. The molecule has 120 valence electrons. The van der Waals surface area contributed by atoms with Crippen LogP contribution < -0.4 is 0 Å². The number of ether oxygens (including phenoxy) is 2. The third-order valence-electron chi connectivity index (χ3n) is 2.49. The Hall–Kier alpha value is -2.64. The van der Waals surface area contributed by atoms with E-state index in [0.717, 1.165) is 0 Å². The maximum atomic E-state index is 11.0. The lowest BCUT2D eigenvalue weighted by Crippen LogP contribution is -2.04. The molecule has 0 aliphatic carbocycles. The average Bonchev–Trinajstić information content (AvgIpc) is 3.08. The van der Waals surface area contributed by atoms with Gasteiger partial charge in [-0.2, -0.15) is 0 Å². The first-order chi connectivity index (χ1) is 10.5. The predicted octanol–water partition coefficient (Wildman–Crippen LogP) is 2.32. The Morgan fingerprint density at radius 3 is 2.09 bits per heavy atom. The molecule has 22 heavy (non-hydrogen) atoms. The van der Waals surface area contributed by atoms with Crippen molar-refractivity contribution >= 4 is 11.9 Å². The first-order valence-corrected chi connectivity index (χ1v) is 6.67. The van der Waals surface area contributed by atoms with Crippen LogP contribution in [0, 0.1) is 13.8 Å². The van der Waals surface area contributed by atoms with Crippen LogP contribution >= 0.6 is 0 Å². The molecule has 0 N–H and O–H groups in total. The van der Waals surface area contributed by atoms with Gasteiger partial charge in [-0.1, -0.05) is 10.3 Å². The quantitative estimate of drug-likeness (QED) is 0.792. The SMILES string of the molecule is CCOC(=O)c1cnoc1C.CCOC(=O)c1conc1C. The topological polar surface area (TPSA) is 105 Å². The van der Waals surface area contributed by atoms with E-state index >= 15 is 0 Å². The number of hydrogen-bond acceptors (Lipinski definition) is 8. The molecule has 8 heteroatoms. The van der Waals surface area contributed by atoms with Crippen LogP contribution in [0.25, 0.3) is 0 Å². The summed E-state index contributed by atoms with van der Waals surface area (Å²) in [6.45, 7) is 7.59. The van der Waals surface area contributed by atoms with Crippen molar-refractivity contribution in [1.29, 1.82) is 0 Å². The number of aryl methyl sites for hydroxylation is 2. The molecular formula is C14H18N2O6. The van der Waals surface area contributed by atoms with Crippen molar-refractivity contribution in [3.63, 3.8) is 0 Å². The third kappa shape index (κ3) is 4.72. The second-order valence-corrected chi connectivity index (χ2v) is 4.05. The highest BCUT2D eigenvalue weighted by Gasteiger charge is 2.13. The summed E-state index contributed by atoms with van der Waals surface area (Å²) in [5, 5.41) is 6.99. The van der Waals surface area contributed by atoms with E-state index in [1.807, 2.05) is 0 Å². The molecule has 2 rings (SSSR count). The Balaban J connectivity index is 0.000000220. The summed E-state index contributed by atoms with van der Waals surface area (Å²) < 4.78 is 18.7. The lowest BCUT2D eigenvalue weighted by atomic mass is 10.3. The minimum absolute atomic E-state index is 0.365. The standard InChI is InChI=1S/2C7H9NO3/c1-3-10-7(9)6-4-11-8-5(6)2;1-3-10-7(9)6-4-8-11-5(6)2/h2*4H,3H2,1-2H3. The zero-order valence-electron chi connectivity index (χ0n) is 12.9. The molecule has 0 aliphatic rings. The number of rotatable bonds is 4. The summed E-state index contributed by atoms with van der Waals surface area (Å²) in [5.74, 6) is -0.277. The Morgan fingerprint density at radius 2 is 1.68 bits per heavy atom. The van der Waals surface area contributed by atoms with Crippen LogP contribution in [0.1, 0.15) is 46.0 Å². The molecular weight excluding hydrogens is 292 g/mol. The largest absolute Gasteiger partial charge is 0.462 e. The Morgan fingerprint density at radius 1 is 1.09 bits per heavy atom. The predicted molar refractivity (Wildman–Crippen MR) is 74.4 cm³/mol. The van der Waals surface area contributed by atoms with Gasteiger partial charge in [0.25, 0.3) is 0 Å². The fourth-order valence-corrected chi connectivity index (χ4v) is 1.40. The molecule has 0 amide bonds. The molecule has 0 saturated heterocycles. The molecule has 0 bridgehead atoms. The van der Waals surface area contributed by atoms with E-state index in [1.165, 1.54) is 12.5 Å². The Labute approximate surface area is 127 Å². The van der Waals surface area contributed by atoms with E-state index in [0.29, 0.717) is 35.8 Å². The number of hydrogen-bond donors (Lipinski definition) is 0. The zero-order valence-corrected chi connectivity index (χ0v) is 12.9. The smallest absolute Gasteiger partial charge is 0.343 e. The zero-order chi connectivity index (χ0) is 16.5. The van der Waals surface area contributed by atoms with Gasteiger partial charge in [-0.3, -0.25) is 0 Å². The maximum absolute atomic E-state index is 11.0. The number of carbonyl (C=O) groups excluding carboxylic acids is 2. The van der Waals surface area contributed by atoms with Gasteiger partial charge >= 0.3 is 11.9 Å². The van der Waals surface area contributed by atoms with Crippen molar-refractivity contribution in [2.24, 2.45) is 0 Å². The number of nitrogens with zero attached hydrogens (tertiary/aromatic N) is 2. The van der Waals surface area contributed by atoms with Gasteiger partial charge in [-0.05, 0) is 27.7 Å². The fourth-order valence-electron chi connectivity index (χ4n) is 1.40. The molecule has 0 radical (unpaired) electrons. The highest BCUT2D eigenvalue weighted by Crippen LogP contribution is 2.07. The molecule has 2 aromatic rings. The van der Waals surface area contributed by atoms with E-state index < -0.39 is 0 Å². The highest BCUT2D eigenvalue weighted by atomic mass is 16.5.